The molecule has 1 unspecified atom stereocenters. The second-order valence-corrected chi connectivity index (χ2v) is 6.16. The van der Waals surface area contributed by atoms with Gasteiger partial charge in [0.2, 0.25) is 5.91 Å². The Kier molecular flexibility index (Phi) is 7.44. The Morgan fingerprint density at radius 1 is 1.22 bits per heavy atom. The van der Waals surface area contributed by atoms with E-state index in [1.165, 1.54) is 12.2 Å². The van der Waals surface area contributed by atoms with Crippen LogP contribution in [0.2, 0.25) is 0 Å². The number of nitrogens with zero attached hydrogens (tertiary/aromatic N) is 1. The first-order valence-corrected chi connectivity index (χ1v) is 7.81. The summed E-state index contributed by atoms with van der Waals surface area (Å²) in [7, 11) is 0. The number of carboxylic acids is 1. The number of carbonyl (C=O) groups is 4. The van der Waals surface area contributed by atoms with Crippen LogP contribution in [0.1, 0.15) is 39.5 Å². The van der Waals surface area contributed by atoms with Gasteiger partial charge in [-0.3, -0.25) is 24.1 Å². The number of aliphatic carboxylic acids is 1. The van der Waals surface area contributed by atoms with Gasteiger partial charge >= 0.3 is 5.97 Å². The zero-order valence-corrected chi connectivity index (χ0v) is 13.6. The van der Waals surface area contributed by atoms with Gasteiger partial charge in [0.1, 0.15) is 0 Å². The van der Waals surface area contributed by atoms with E-state index < -0.39 is 5.97 Å². The van der Waals surface area contributed by atoms with Crippen LogP contribution in [0.25, 0.3) is 0 Å². The third kappa shape index (κ3) is 7.08. The van der Waals surface area contributed by atoms with Crippen LogP contribution in [0.3, 0.4) is 0 Å². The highest BCUT2D eigenvalue weighted by Gasteiger charge is 2.22. The predicted molar refractivity (Wildman–Crippen MR) is 83.3 cm³/mol. The molecule has 0 aromatic heterocycles. The minimum absolute atomic E-state index is 0.0287. The second-order valence-electron chi connectivity index (χ2n) is 6.16. The molecule has 0 saturated heterocycles. The van der Waals surface area contributed by atoms with Gasteiger partial charge in [0.15, 0.2) is 0 Å². The lowest BCUT2D eigenvalue weighted by Gasteiger charge is -2.18. The van der Waals surface area contributed by atoms with Crippen molar-refractivity contribution in [2.75, 3.05) is 13.1 Å². The van der Waals surface area contributed by atoms with Crippen molar-refractivity contribution in [1.29, 1.82) is 0 Å². The second kappa shape index (κ2) is 9.07. The molecule has 1 atom stereocenters. The van der Waals surface area contributed by atoms with Gasteiger partial charge in [0.05, 0.1) is 0 Å². The molecule has 128 valence electrons. The van der Waals surface area contributed by atoms with Gasteiger partial charge in [0, 0.05) is 38.1 Å². The van der Waals surface area contributed by atoms with E-state index in [-0.39, 0.29) is 43.0 Å². The quantitative estimate of drug-likeness (QED) is 0.582. The predicted octanol–water partition coefficient (Wildman–Crippen LogP) is 0.945. The Hall–Kier alpha value is -2.18. The topological polar surface area (TPSA) is 104 Å². The summed E-state index contributed by atoms with van der Waals surface area (Å²) < 4.78 is 0. The molecule has 1 aliphatic rings. The fraction of sp³-hybridized carbons (Fsp3) is 0.625. The number of hydrogen-bond donors (Lipinski definition) is 2. The molecule has 0 saturated carbocycles. The lowest BCUT2D eigenvalue weighted by Crippen LogP contribution is -2.33. The molecular formula is C16H24N2O5. The first-order chi connectivity index (χ1) is 10.8. The largest absolute Gasteiger partial charge is 0.481 e. The summed E-state index contributed by atoms with van der Waals surface area (Å²) in [6.45, 7) is 4.55. The standard InChI is InChI=1S/C16H24N2O5/c1-11(2)8-12(9-16(22)23)10-17-13(19)4-3-7-18-14(20)5-6-15(18)21/h5-6,11-12H,3-4,7-10H2,1-2H3,(H,17,19)(H,22,23). The molecule has 0 spiro atoms. The zero-order valence-electron chi connectivity index (χ0n) is 13.6. The maximum absolute atomic E-state index is 11.8. The zero-order chi connectivity index (χ0) is 17.4. The number of imide groups is 1. The maximum atomic E-state index is 11.8. The SMILES string of the molecule is CC(C)CC(CNC(=O)CCCN1C(=O)C=CC1=O)CC(=O)O. The molecule has 2 N–H and O–H groups in total. The van der Waals surface area contributed by atoms with Crippen LogP contribution in [0.5, 0.6) is 0 Å². The van der Waals surface area contributed by atoms with E-state index in [1.807, 2.05) is 13.8 Å². The third-order valence-corrected chi connectivity index (χ3v) is 3.54. The molecule has 0 fully saturated rings. The van der Waals surface area contributed by atoms with E-state index in [0.29, 0.717) is 18.9 Å². The summed E-state index contributed by atoms with van der Waals surface area (Å²) in [4.78, 5) is 46.4. The van der Waals surface area contributed by atoms with Crippen molar-refractivity contribution in [1.82, 2.24) is 10.2 Å². The normalized spacial score (nSPS) is 15.3. The summed E-state index contributed by atoms with van der Waals surface area (Å²) in [5, 5.41) is 11.6. The fourth-order valence-electron chi connectivity index (χ4n) is 2.55. The van der Waals surface area contributed by atoms with E-state index in [4.69, 9.17) is 5.11 Å². The monoisotopic (exact) mass is 324 g/mol. The molecule has 1 rings (SSSR count). The van der Waals surface area contributed by atoms with Crippen molar-refractivity contribution in [3.05, 3.63) is 12.2 Å². The van der Waals surface area contributed by atoms with Gasteiger partial charge in [-0.1, -0.05) is 13.8 Å². The van der Waals surface area contributed by atoms with Gasteiger partial charge in [-0.25, -0.2) is 0 Å². The van der Waals surface area contributed by atoms with Crippen LogP contribution >= 0.6 is 0 Å². The van der Waals surface area contributed by atoms with Gasteiger partial charge < -0.3 is 10.4 Å². The van der Waals surface area contributed by atoms with Crippen molar-refractivity contribution in [3.63, 3.8) is 0 Å². The molecule has 1 heterocycles. The summed E-state index contributed by atoms with van der Waals surface area (Å²) in [5.41, 5.74) is 0. The Labute approximate surface area is 135 Å². The molecule has 7 nitrogen and oxygen atoms in total. The van der Waals surface area contributed by atoms with Crippen LogP contribution in [-0.2, 0) is 19.2 Å². The number of carbonyl (C=O) groups excluding carboxylic acids is 3. The summed E-state index contributed by atoms with van der Waals surface area (Å²) in [6, 6.07) is 0. The highest BCUT2D eigenvalue weighted by molar-refractivity contribution is 6.12. The smallest absolute Gasteiger partial charge is 0.303 e. The summed E-state index contributed by atoms with van der Waals surface area (Å²) >= 11 is 0. The molecule has 0 radical (unpaired) electrons. The van der Waals surface area contributed by atoms with Crippen molar-refractivity contribution >= 4 is 23.7 Å². The first-order valence-electron chi connectivity index (χ1n) is 7.81. The molecule has 0 aromatic carbocycles. The first kappa shape index (κ1) is 18.9. The van der Waals surface area contributed by atoms with Crippen LogP contribution in [0.4, 0.5) is 0 Å². The number of carboxylic acid groups (broad SMARTS) is 1. The van der Waals surface area contributed by atoms with Gasteiger partial charge in [-0.05, 0) is 24.7 Å². The maximum Gasteiger partial charge on any atom is 0.303 e. The minimum Gasteiger partial charge on any atom is -0.481 e. The Bertz CT molecular complexity index is 481. The number of hydrogen-bond acceptors (Lipinski definition) is 4. The summed E-state index contributed by atoms with van der Waals surface area (Å²) in [6.07, 6.45) is 3.77. The Morgan fingerprint density at radius 3 is 2.35 bits per heavy atom. The van der Waals surface area contributed by atoms with Crippen LogP contribution in [-0.4, -0.2) is 46.8 Å². The summed E-state index contributed by atoms with van der Waals surface area (Å²) in [5.74, 6) is -1.51. The van der Waals surface area contributed by atoms with Crippen molar-refractivity contribution in [3.8, 4) is 0 Å². The van der Waals surface area contributed by atoms with E-state index in [2.05, 4.69) is 5.32 Å². The molecule has 3 amide bonds. The van der Waals surface area contributed by atoms with Gasteiger partial charge in [-0.15, -0.1) is 0 Å². The van der Waals surface area contributed by atoms with Crippen LogP contribution < -0.4 is 5.32 Å². The number of nitrogens with one attached hydrogen (secondary N) is 1. The molecule has 0 bridgehead atoms. The highest BCUT2D eigenvalue weighted by Crippen LogP contribution is 2.15. The Balaban J connectivity index is 2.28. The van der Waals surface area contributed by atoms with E-state index in [1.54, 1.807) is 0 Å². The van der Waals surface area contributed by atoms with Crippen LogP contribution in [0.15, 0.2) is 12.2 Å². The average Bonchev–Trinajstić information content (AvgIpc) is 2.75. The molecule has 23 heavy (non-hydrogen) atoms. The van der Waals surface area contributed by atoms with E-state index in [9.17, 15) is 19.2 Å². The van der Waals surface area contributed by atoms with Crippen molar-refractivity contribution < 1.29 is 24.3 Å². The minimum atomic E-state index is -0.872. The highest BCUT2D eigenvalue weighted by atomic mass is 16.4. The number of rotatable bonds is 10. The lowest BCUT2D eigenvalue weighted by atomic mass is 9.94. The molecular weight excluding hydrogens is 300 g/mol. The average molecular weight is 324 g/mol. The molecule has 1 aliphatic heterocycles. The van der Waals surface area contributed by atoms with Crippen LogP contribution in [0, 0.1) is 11.8 Å². The van der Waals surface area contributed by atoms with Crippen molar-refractivity contribution in [2.24, 2.45) is 11.8 Å². The Morgan fingerprint density at radius 2 is 1.83 bits per heavy atom. The lowest BCUT2D eigenvalue weighted by molar-refractivity contribution is -0.138. The molecule has 0 aliphatic carbocycles. The van der Waals surface area contributed by atoms with E-state index in [0.717, 1.165) is 11.3 Å². The number of amides is 3. The van der Waals surface area contributed by atoms with Gasteiger partial charge in [-0.2, -0.15) is 0 Å². The third-order valence-electron chi connectivity index (χ3n) is 3.54. The van der Waals surface area contributed by atoms with E-state index >= 15 is 0 Å². The molecule has 0 aromatic rings. The van der Waals surface area contributed by atoms with Crippen molar-refractivity contribution in [2.45, 2.75) is 39.5 Å². The van der Waals surface area contributed by atoms with Gasteiger partial charge in [0.25, 0.3) is 11.8 Å². The molecule has 7 heteroatoms. The fourth-order valence-corrected chi connectivity index (χ4v) is 2.55.